The molecule has 6 nitrogen and oxygen atoms in total. The lowest BCUT2D eigenvalue weighted by molar-refractivity contribution is -0.144. The van der Waals surface area contributed by atoms with Crippen molar-refractivity contribution in [2.45, 2.75) is 87.3 Å². The summed E-state index contributed by atoms with van der Waals surface area (Å²) < 4.78 is 168. The number of carbonyl (C=O) groups excluding carboxylic acids is 2. The first kappa shape index (κ1) is 47.9. The summed E-state index contributed by atoms with van der Waals surface area (Å²) in [5.74, 6) is -0.355. The van der Waals surface area contributed by atoms with Gasteiger partial charge in [-0.1, -0.05) is 60.7 Å². The number of alkyl halides is 12. The molecule has 4 aromatic rings. The van der Waals surface area contributed by atoms with Gasteiger partial charge in [0, 0.05) is 36.8 Å². The van der Waals surface area contributed by atoms with E-state index >= 15 is 0 Å². The lowest BCUT2D eigenvalue weighted by atomic mass is 9.75. The van der Waals surface area contributed by atoms with Crippen molar-refractivity contribution in [1.82, 2.24) is 10.6 Å². The van der Waals surface area contributed by atoms with E-state index < -0.39 is 71.0 Å². The van der Waals surface area contributed by atoms with Crippen LogP contribution in [0.3, 0.4) is 0 Å². The Morgan fingerprint density at radius 2 is 0.774 bits per heavy atom. The highest BCUT2D eigenvalue weighted by atomic mass is 19.4. The summed E-state index contributed by atoms with van der Waals surface area (Å²) in [5.41, 5.74) is -5.74. The fraction of sp³-hybridized carbons (Fsp3) is 0.409. The second kappa shape index (κ2) is 19.5. The van der Waals surface area contributed by atoms with Crippen LogP contribution < -0.4 is 10.6 Å². The minimum absolute atomic E-state index is 0.0119. The van der Waals surface area contributed by atoms with E-state index in [1.54, 1.807) is 0 Å². The van der Waals surface area contributed by atoms with Gasteiger partial charge in [0.15, 0.2) is 0 Å². The molecule has 2 amide bonds. The van der Waals surface area contributed by atoms with Crippen LogP contribution in [0.15, 0.2) is 97.1 Å². The second-order valence-electron chi connectivity index (χ2n) is 15.4. The first-order valence-corrected chi connectivity index (χ1v) is 19.4. The van der Waals surface area contributed by atoms with Gasteiger partial charge in [0.2, 0.25) is 11.8 Å². The van der Waals surface area contributed by atoms with Crippen LogP contribution in [0.1, 0.15) is 83.0 Å². The second-order valence-corrected chi connectivity index (χ2v) is 15.4. The molecule has 0 aromatic heterocycles. The van der Waals surface area contributed by atoms with Gasteiger partial charge in [-0.05, 0) is 84.3 Å². The number of nitrogens with one attached hydrogen (secondary N) is 2. The number of rotatable bonds is 10. The number of halogens is 12. The maximum Gasteiger partial charge on any atom is 0.416 e. The third kappa shape index (κ3) is 13.0. The Kier molecular flexibility index (Phi) is 15.1. The van der Waals surface area contributed by atoms with E-state index in [0.29, 0.717) is 63.0 Å². The minimum atomic E-state index is -4.92. The summed E-state index contributed by atoms with van der Waals surface area (Å²) in [6.45, 7) is 0.0858. The largest absolute Gasteiger partial charge is 0.416 e. The Morgan fingerprint density at radius 3 is 1.06 bits per heavy atom. The minimum Gasteiger partial charge on any atom is -0.376 e. The van der Waals surface area contributed by atoms with Crippen molar-refractivity contribution in [2.75, 3.05) is 26.3 Å². The van der Waals surface area contributed by atoms with E-state index in [1.165, 1.54) is 0 Å². The summed E-state index contributed by atoms with van der Waals surface area (Å²) in [6, 6.07) is 21.0. The molecule has 0 bridgehead atoms. The molecule has 6 rings (SSSR count). The number of ether oxygens (including phenoxy) is 2. The third-order valence-electron chi connectivity index (χ3n) is 10.7. The highest BCUT2D eigenvalue weighted by molar-refractivity contribution is 5.78. The molecule has 4 aromatic carbocycles. The van der Waals surface area contributed by atoms with Gasteiger partial charge in [0.1, 0.15) is 0 Å². The van der Waals surface area contributed by atoms with Crippen LogP contribution >= 0.6 is 0 Å². The van der Waals surface area contributed by atoms with E-state index in [4.69, 9.17) is 9.47 Å². The topological polar surface area (TPSA) is 76.7 Å². The Hall–Kier alpha value is -5.10. The Morgan fingerprint density at radius 1 is 0.468 bits per heavy atom. The van der Waals surface area contributed by atoms with Crippen LogP contribution in [-0.4, -0.2) is 38.1 Å². The van der Waals surface area contributed by atoms with E-state index in [-0.39, 0.29) is 61.1 Å². The first-order valence-electron chi connectivity index (χ1n) is 19.4. The fourth-order valence-corrected chi connectivity index (χ4v) is 7.65. The third-order valence-corrected chi connectivity index (χ3v) is 10.7. The van der Waals surface area contributed by atoms with Crippen LogP contribution in [-0.2, 0) is 67.8 Å². The molecule has 2 aliphatic heterocycles. The lowest BCUT2D eigenvalue weighted by Gasteiger charge is -2.32. The normalized spacial score (nSPS) is 20.3. The summed E-state index contributed by atoms with van der Waals surface area (Å²) in [6.07, 6.45) is -16.9. The monoisotopic (exact) mass is 890 g/mol. The van der Waals surface area contributed by atoms with Crippen LogP contribution in [0.25, 0.3) is 0 Å². The van der Waals surface area contributed by atoms with Gasteiger partial charge in [0.25, 0.3) is 0 Å². The highest BCUT2D eigenvalue weighted by Crippen LogP contribution is 2.40. The smallest absolute Gasteiger partial charge is 0.376 e. The molecular formula is C44H42F12N2O4. The van der Waals surface area contributed by atoms with Gasteiger partial charge >= 0.3 is 24.7 Å². The van der Waals surface area contributed by atoms with Crippen molar-refractivity contribution in [3.63, 3.8) is 0 Å². The molecule has 18 heteroatoms. The molecule has 2 fully saturated rings. The van der Waals surface area contributed by atoms with Crippen LogP contribution in [0, 0.1) is 0 Å². The van der Waals surface area contributed by atoms with Gasteiger partial charge in [-0.2, -0.15) is 52.7 Å². The van der Waals surface area contributed by atoms with Crippen molar-refractivity contribution < 1.29 is 71.7 Å². The van der Waals surface area contributed by atoms with Crippen molar-refractivity contribution in [3.8, 4) is 0 Å². The number of benzene rings is 4. The zero-order valence-electron chi connectivity index (χ0n) is 32.9. The molecule has 2 saturated heterocycles. The molecule has 0 aliphatic carbocycles. The van der Waals surface area contributed by atoms with Crippen molar-refractivity contribution in [1.29, 1.82) is 0 Å². The van der Waals surface area contributed by atoms with Crippen molar-refractivity contribution >= 4 is 11.8 Å². The van der Waals surface area contributed by atoms with Gasteiger partial charge in [0.05, 0.1) is 48.7 Å². The number of carbonyl (C=O) groups is 2. The molecule has 336 valence electrons. The molecule has 2 aliphatic rings. The lowest BCUT2D eigenvalue weighted by Crippen LogP contribution is -2.35. The average Bonchev–Trinajstić information content (AvgIpc) is 3.52. The number of hydrogen-bond donors (Lipinski definition) is 2. The predicted octanol–water partition coefficient (Wildman–Crippen LogP) is 11.0. The summed E-state index contributed by atoms with van der Waals surface area (Å²) in [7, 11) is 0. The van der Waals surface area contributed by atoms with Crippen molar-refractivity contribution in [2.24, 2.45) is 0 Å². The quantitative estimate of drug-likeness (QED) is 0.156. The zero-order valence-corrected chi connectivity index (χ0v) is 32.9. The molecule has 2 atom stereocenters. The molecule has 0 unspecified atom stereocenters. The molecule has 0 radical (unpaired) electrons. The summed E-state index contributed by atoms with van der Waals surface area (Å²) in [5, 5.41) is 5.56. The molecule has 2 heterocycles. The Labute approximate surface area is 349 Å². The SMILES string of the molecule is O=C1C[C@@](COCc2cc(C(F)(F)F)cc(C(F)(F)F)c2)(c2ccccc2)CCCN1.O=C1C[C@](COCc2cc(C(F)(F)F)cc(C(F)(F)F)c2)(c2ccccc2)CCCN1. The molecule has 0 saturated carbocycles. The van der Waals surface area contributed by atoms with E-state index in [0.717, 1.165) is 11.1 Å². The Bertz CT molecular complexity index is 1910. The maximum atomic E-state index is 13.1. The van der Waals surface area contributed by atoms with Crippen LogP contribution in [0.4, 0.5) is 52.7 Å². The van der Waals surface area contributed by atoms with Gasteiger partial charge in [-0.15, -0.1) is 0 Å². The van der Waals surface area contributed by atoms with E-state index in [1.807, 2.05) is 60.7 Å². The van der Waals surface area contributed by atoms with Gasteiger partial charge in [-0.25, -0.2) is 0 Å². The molecule has 2 N–H and O–H groups in total. The van der Waals surface area contributed by atoms with E-state index in [2.05, 4.69) is 10.6 Å². The Balaban J connectivity index is 0.000000234. The van der Waals surface area contributed by atoms with Crippen molar-refractivity contribution in [3.05, 3.63) is 142 Å². The molecular weight excluding hydrogens is 848 g/mol. The molecule has 0 spiro atoms. The fourth-order valence-electron chi connectivity index (χ4n) is 7.65. The standard InChI is InChI=1S/2C22H21F6NO2/c2*23-21(24,25)17-9-15(10-18(11-17)22(26,27)28)13-31-14-20(16-5-2-1-3-6-16)7-4-8-29-19(30)12-20/h2*1-3,5-6,9-11H,4,7-8,12-14H2,(H,29,30)/t2*20-/m10/s1. The van der Waals surface area contributed by atoms with Gasteiger partial charge < -0.3 is 20.1 Å². The number of hydrogen-bond acceptors (Lipinski definition) is 4. The van der Waals surface area contributed by atoms with Gasteiger partial charge in [-0.3, -0.25) is 9.59 Å². The highest BCUT2D eigenvalue weighted by Gasteiger charge is 2.40. The summed E-state index contributed by atoms with van der Waals surface area (Å²) in [4.78, 5) is 24.4. The number of amides is 2. The van der Waals surface area contributed by atoms with Crippen LogP contribution in [0.2, 0.25) is 0 Å². The maximum absolute atomic E-state index is 13.1. The average molecular weight is 891 g/mol. The first-order chi connectivity index (χ1) is 29.0. The molecule has 62 heavy (non-hydrogen) atoms. The van der Waals surface area contributed by atoms with E-state index in [9.17, 15) is 62.3 Å². The van der Waals surface area contributed by atoms with Crippen LogP contribution in [0.5, 0.6) is 0 Å². The predicted molar refractivity (Wildman–Crippen MR) is 202 cm³/mol. The summed E-state index contributed by atoms with van der Waals surface area (Å²) >= 11 is 0. The zero-order chi connectivity index (χ0) is 45.4.